The Labute approximate surface area is 73.7 Å². The van der Waals surface area contributed by atoms with Gasteiger partial charge in [0, 0.05) is 16.1 Å². The predicted molar refractivity (Wildman–Crippen MR) is 45.5 cm³/mol. The molecule has 0 N–H and O–H groups in total. The quantitative estimate of drug-likeness (QED) is 0.536. The van der Waals surface area contributed by atoms with Gasteiger partial charge in [0.2, 0.25) is 0 Å². The highest BCUT2D eigenvalue weighted by atomic mass is 79.9. The number of rotatable bonds is 1. The van der Waals surface area contributed by atoms with Gasteiger partial charge in [0.1, 0.15) is 0 Å². The van der Waals surface area contributed by atoms with Crippen LogP contribution in [0.3, 0.4) is 0 Å². The monoisotopic (exact) mass is 216 g/mol. The van der Waals surface area contributed by atoms with Gasteiger partial charge < -0.3 is 0 Å². The summed E-state index contributed by atoms with van der Waals surface area (Å²) < 4.78 is 7.92. The van der Waals surface area contributed by atoms with Gasteiger partial charge >= 0.3 is 0 Å². The predicted octanol–water partition coefficient (Wildman–Crippen LogP) is 2.67. The molecule has 4 heteroatoms. The van der Waals surface area contributed by atoms with E-state index in [0.29, 0.717) is 10.0 Å². The van der Waals surface area contributed by atoms with Gasteiger partial charge in [-0.15, -0.1) is 0 Å². The van der Waals surface area contributed by atoms with E-state index in [1.807, 2.05) is 0 Å². The first-order chi connectivity index (χ1) is 5.52. The zero-order chi connectivity index (χ0) is 9.30. The van der Waals surface area contributed by atoms with E-state index in [4.69, 9.17) is 1.37 Å². The lowest BCUT2D eigenvalue weighted by molar-refractivity contribution is -0.385. The van der Waals surface area contributed by atoms with Crippen LogP contribution >= 0.6 is 15.9 Å². The molecule has 0 aliphatic heterocycles. The van der Waals surface area contributed by atoms with Crippen molar-refractivity contribution in [1.29, 1.82) is 0 Å². The van der Waals surface area contributed by atoms with Crippen molar-refractivity contribution in [3.8, 4) is 0 Å². The van der Waals surface area contributed by atoms with Gasteiger partial charge in [0.05, 0.1) is 6.29 Å². The minimum atomic E-state index is -0.488. The van der Waals surface area contributed by atoms with Crippen LogP contribution in [0.1, 0.15) is 6.93 Å². The van der Waals surface area contributed by atoms with Crippen molar-refractivity contribution in [1.82, 2.24) is 0 Å². The van der Waals surface area contributed by atoms with E-state index in [0.717, 1.165) is 0 Å². The van der Waals surface area contributed by atoms with Crippen LogP contribution in [0, 0.1) is 17.0 Å². The summed E-state index contributed by atoms with van der Waals surface area (Å²) in [5.41, 5.74) is 0.373. The third kappa shape index (κ3) is 1.77. The lowest BCUT2D eigenvalue weighted by Crippen LogP contribution is -1.90. The minimum Gasteiger partial charge on any atom is -0.258 e. The second kappa shape index (κ2) is 3.00. The highest BCUT2D eigenvalue weighted by Crippen LogP contribution is 2.22. The van der Waals surface area contributed by atoms with E-state index in [-0.39, 0.29) is 11.7 Å². The number of hydrogen-bond donors (Lipinski definition) is 0. The van der Waals surface area contributed by atoms with Gasteiger partial charge in [-0.25, -0.2) is 0 Å². The normalized spacial score (nSPS) is 10.9. The van der Waals surface area contributed by atoms with Crippen LogP contribution in [0.4, 0.5) is 5.69 Å². The standard InChI is InChI=1S/C7H6BrNO2/c1-5-2-3-6(8)4-7(5)9(10)11/h2-4H,1H3/i2D. The Bertz CT molecular complexity index is 340. The number of halogens is 1. The molecule has 58 valence electrons. The molecule has 0 fully saturated rings. The van der Waals surface area contributed by atoms with E-state index in [1.54, 1.807) is 6.92 Å². The van der Waals surface area contributed by atoms with Crippen molar-refractivity contribution < 1.29 is 6.29 Å². The fourth-order valence-corrected chi connectivity index (χ4v) is 1.05. The molecule has 0 spiro atoms. The molecule has 0 bridgehead atoms. The molecule has 0 amide bonds. The summed E-state index contributed by atoms with van der Waals surface area (Å²) in [5, 5.41) is 10.4. The molecule has 0 radical (unpaired) electrons. The Morgan fingerprint density at radius 3 is 3.00 bits per heavy atom. The summed E-state index contributed by atoms with van der Waals surface area (Å²) in [4.78, 5) is 9.94. The average Bonchev–Trinajstić information content (AvgIpc) is 1.96. The smallest absolute Gasteiger partial charge is 0.258 e. The molecule has 0 saturated carbocycles. The molecular formula is C7H6BrNO2. The van der Waals surface area contributed by atoms with Crippen molar-refractivity contribution in [2.45, 2.75) is 6.92 Å². The molecule has 0 aromatic heterocycles. The first-order valence-electron chi connectivity index (χ1n) is 3.43. The maximum Gasteiger partial charge on any atom is 0.273 e. The Kier molecular flexibility index (Phi) is 1.85. The second-order valence-electron chi connectivity index (χ2n) is 2.09. The molecule has 0 heterocycles. The summed E-state index contributed by atoms with van der Waals surface area (Å²) in [5.74, 6) is 0. The summed E-state index contributed by atoms with van der Waals surface area (Å²) in [7, 11) is 0. The Balaban J connectivity index is 3.37. The van der Waals surface area contributed by atoms with Gasteiger partial charge in [-0.2, -0.15) is 0 Å². The molecule has 0 aliphatic rings. The SMILES string of the molecule is [2H]c1cc(Br)cc([N+](=O)[O-])c1C. The minimum absolute atomic E-state index is 0.0191. The average molecular weight is 217 g/mol. The molecule has 1 rings (SSSR count). The van der Waals surface area contributed by atoms with Crippen molar-refractivity contribution in [2.75, 3.05) is 0 Å². The van der Waals surface area contributed by atoms with Gasteiger partial charge in [0.15, 0.2) is 0 Å². The van der Waals surface area contributed by atoms with Crippen LogP contribution in [-0.4, -0.2) is 4.92 Å². The van der Waals surface area contributed by atoms with Crippen LogP contribution < -0.4 is 0 Å². The lowest BCUT2D eigenvalue weighted by Gasteiger charge is -1.95. The maximum atomic E-state index is 10.4. The van der Waals surface area contributed by atoms with Gasteiger partial charge in [-0.05, 0) is 13.0 Å². The second-order valence-corrected chi connectivity index (χ2v) is 3.00. The van der Waals surface area contributed by atoms with Crippen LogP contribution in [0.5, 0.6) is 0 Å². The molecule has 1 aromatic carbocycles. The van der Waals surface area contributed by atoms with Crippen molar-refractivity contribution in [3.05, 3.63) is 38.3 Å². The van der Waals surface area contributed by atoms with Gasteiger partial charge in [0.25, 0.3) is 5.69 Å². The molecular weight excluding hydrogens is 210 g/mol. The number of benzene rings is 1. The van der Waals surface area contributed by atoms with E-state index in [9.17, 15) is 10.1 Å². The van der Waals surface area contributed by atoms with E-state index in [1.165, 1.54) is 12.1 Å². The Hall–Kier alpha value is -0.900. The van der Waals surface area contributed by atoms with Crippen LogP contribution in [0.15, 0.2) is 22.6 Å². The fourth-order valence-electron chi connectivity index (χ4n) is 0.721. The highest BCUT2D eigenvalue weighted by molar-refractivity contribution is 9.10. The van der Waals surface area contributed by atoms with Crippen LogP contribution in [0.25, 0.3) is 0 Å². The summed E-state index contributed by atoms with van der Waals surface area (Å²) in [6.07, 6.45) is 0. The zero-order valence-corrected chi connectivity index (χ0v) is 7.38. The van der Waals surface area contributed by atoms with Crippen molar-refractivity contribution >= 4 is 21.6 Å². The first-order valence-corrected chi connectivity index (χ1v) is 3.73. The topological polar surface area (TPSA) is 43.1 Å². The summed E-state index contributed by atoms with van der Waals surface area (Å²) in [6, 6.07) is 3.10. The third-order valence-electron chi connectivity index (χ3n) is 1.28. The summed E-state index contributed by atoms with van der Waals surface area (Å²) in [6.45, 7) is 1.56. The number of nitro benzene ring substituents is 1. The lowest BCUT2D eigenvalue weighted by atomic mass is 10.2. The molecule has 1 aromatic rings. The van der Waals surface area contributed by atoms with Crippen molar-refractivity contribution in [3.63, 3.8) is 0 Å². The van der Waals surface area contributed by atoms with Crippen LogP contribution in [-0.2, 0) is 0 Å². The van der Waals surface area contributed by atoms with Crippen molar-refractivity contribution in [2.24, 2.45) is 0 Å². The van der Waals surface area contributed by atoms with Gasteiger partial charge in [-0.1, -0.05) is 22.0 Å². The van der Waals surface area contributed by atoms with Gasteiger partial charge in [-0.3, -0.25) is 10.1 Å². The molecule has 11 heavy (non-hydrogen) atoms. The molecule has 0 aliphatic carbocycles. The Morgan fingerprint density at radius 1 is 1.82 bits per heavy atom. The Morgan fingerprint density at radius 2 is 2.45 bits per heavy atom. The zero-order valence-electron chi connectivity index (χ0n) is 6.80. The summed E-state index contributed by atoms with van der Waals surface area (Å²) >= 11 is 3.09. The third-order valence-corrected chi connectivity index (χ3v) is 1.74. The fraction of sp³-hybridized carbons (Fsp3) is 0.143. The molecule has 0 unspecified atom stereocenters. The number of hydrogen-bond acceptors (Lipinski definition) is 2. The first kappa shape index (κ1) is 6.79. The number of nitro groups is 1. The van der Waals surface area contributed by atoms with Crippen LogP contribution in [0.2, 0.25) is 0 Å². The molecule has 0 atom stereocenters. The van der Waals surface area contributed by atoms with E-state index < -0.39 is 4.92 Å². The molecule has 3 nitrogen and oxygen atoms in total. The largest absolute Gasteiger partial charge is 0.273 e. The number of nitrogens with zero attached hydrogens (tertiary/aromatic N) is 1. The molecule has 0 saturated heterocycles. The highest BCUT2D eigenvalue weighted by Gasteiger charge is 2.08. The maximum absolute atomic E-state index is 10.4. The van der Waals surface area contributed by atoms with E-state index >= 15 is 0 Å². The van der Waals surface area contributed by atoms with E-state index in [2.05, 4.69) is 15.9 Å².